The normalized spacial score (nSPS) is 14.9. The zero-order valence-electron chi connectivity index (χ0n) is 11.0. The van der Waals surface area contributed by atoms with Gasteiger partial charge in [-0.3, -0.25) is 4.90 Å². The van der Waals surface area contributed by atoms with Crippen molar-refractivity contribution in [1.29, 1.82) is 0 Å². The molecule has 0 spiro atoms. The molecule has 0 amide bonds. The van der Waals surface area contributed by atoms with Gasteiger partial charge >= 0.3 is 0 Å². The second-order valence-corrected chi connectivity index (χ2v) is 4.70. The molecule has 1 rings (SSSR count). The summed E-state index contributed by atoms with van der Waals surface area (Å²) in [5.41, 5.74) is 7.01. The lowest BCUT2D eigenvalue weighted by Gasteiger charge is -2.39. The highest BCUT2D eigenvalue weighted by Crippen LogP contribution is 2.20. The maximum atomic E-state index is 12.8. The summed E-state index contributed by atoms with van der Waals surface area (Å²) in [7, 11) is 0. The smallest absolute Gasteiger partial charge is 0.123 e. The van der Waals surface area contributed by atoms with E-state index in [1.165, 1.54) is 12.1 Å². The van der Waals surface area contributed by atoms with E-state index in [4.69, 9.17) is 5.73 Å². The van der Waals surface area contributed by atoms with E-state index >= 15 is 0 Å². The Balaban J connectivity index is 2.79. The topological polar surface area (TPSA) is 29.3 Å². The fraction of sp³-hybridized carbons (Fsp3) is 0.571. The maximum Gasteiger partial charge on any atom is 0.123 e. The highest BCUT2D eigenvalue weighted by Gasteiger charge is 2.27. The minimum atomic E-state index is -0.186. The van der Waals surface area contributed by atoms with Gasteiger partial charge in [-0.15, -0.1) is 0 Å². The van der Waals surface area contributed by atoms with Crippen molar-refractivity contribution in [1.82, 2.24) is 4.90 Å². The fourth-order valence-corrected chi connectivity index (χ4v) is 1.99. The summed E-state index contributed by atoms with van der Waals surface area (Å²) in [6.07, 6.45) is 1.01. The number of benzene rings is 1. The minimum Gasteiger partial charge on any atom is -0.329 e. The van der Waals surface area contributed by atoms with Gasteiger partial charge in [0.05, 0.1) is 0 Å². The molecule has 17 heavy (non-hydrogen) atoms. The van der Waals surface area contributed by atoms with Gasteiger partial charge in [-0.05, 0) is 37.6 Å². The lowest BCUT2D eigenvalue weighted by atomic mass is 9.95. The van der Waals surface area contributed by atoms with Gasteiger partial charge in [0.1, 0.15) is 5.82 Å². The van der Waals surface area contributed by atoms with Crippen LogP contribution in [0.4, 0.5) is 4.39 Å². The first kappa shape index (κ1) is 14.1. The molecule has 0 aliphatic heterocycles. The van der Waals surface area contributed by atoms with Crippen LogP contribution in [0.5, 0.6) is 0 Å². The second kappa shape index (κ2) is 6.12. The number of nitrogens with zero attached hydrogens (tertiary/aromatic N) is 1. The molecular formula is C14H23FN2. The van der Waals surface area contributed by atoms with Crippen molar-refractivity contribution in [2.24, 2.45) is 5.73 Å². The summed E-state index contributed by atoms with van der Waals surface area (Å²) in [6, 6.07) is 6.69. The molecule has 0 aromatic heterocycles. The monoisotopic (exact) mass is 238 g/mol. The Morgan fingerprint density at radius 2 is 1.82 bits per heavy atom. The van der Waals surface area contributed by atoms with E-state index < -0.39 is 0 Å². The third-order valence-corrected chi connectivity index (χ3v) is 3.63. The molecule has 0 saturated heterocycles. The van der Waals surface area contributed by atoms with E-state index in [1.807, 2.05) is 12.1 Å². The SMILES string of the molecule is CCN(Cc1ccc(F)cc1)C(C)(CC)CN. The second-order valence-electron chi connectivity index (χ2n) is 4.70. The average molecular weight is 238 g/mol. The van der Waals surface area contributed by atoms with E-state index in [2.05, 4.69) is 25.7 Å². The van der Waals surface area contributed by atoms with Crippen molar-refractivity contribution in [3.8, 4) is 0 Å². The lowest BCUT2D eigenvalue weighted by Crippen LogP contribution is -2.50. The van der Waals surface area contributed by atoms with Gasteiger partial charge < -0.3 is 5.73 Å². The number of hydrogen-bond acceptors (Lipinski definition) is 2. The van der Waals surface area contributed by atoms with Crippen LogP contribution in [0, 0.1) is 5.82 Å². The number of likely N-dealkylation sites (N-methyl/N-ethyl adjacent to an activating group) is 1. The van der Waals surface area contributed by atoms with E-state index in [-0.39, 0.29) is 11.4 Å². The van der Waals surface area contributed by atoms with E-state index in [0.29, 0.717) is 6.54 Å². The molecule has 0 heterocycles. The van der Waals surface area contributed by atoms with Gasteiger partial charge in [-0.1, -0.05) is 26.0 Å². The summed E-state index contributed by atoms with van der Waals surface area (Å²) in [5, 5.41) is 0. The van der Waals surface area contributed by atoms with Gasteiger partial charge in [0, 0.05) is 18.6 Å². The Morgan fingerprint density at radius 1 is 1.24 bits per heavy atom. The molecule has 1 atom stereocenters. The van der Waals surface area contributed by atoms with Crippen molar-refractivity contribution in [2.45, 2.75) is 39.3 Å². The summed E-state index contributed by atoms with van der Waals surface area (Å²) in [6.45, 7) is 8.86. The standard InChI is InChI=1S/C14H23FN2/c1-4-14(3,11-16)17(5-2)10-12-6-8-13(15)9-7-12/h6-9H,4-5,10-11,16H2,1-3H3. The van der Waals surface area contributed by atoms with Crippen LogP contribution in [0.25, 0.3) is 0 Å². The summed E-state index contributed by atoms with van der Waals surface area (Å²) in [5.74, 6) is -0.186. The zero-order valence-corrected chi connectivity index (χ0v) is 11.0. The van der Waals surface area contributed by atoms with E-state index in [0.717, 1.165) is 25.1 Å². The van der Waals surface area contributed by atoms with E-state index in [9.17, 15) is 4.39 Å². The van der Waals surface area contributed by atoms with Gasteiger partial charge in [0.25, 0.3) is 0 Å². The van der Waals surface area contributed by atoms with Gasteiger partial charge in [-0.25, -0.2) is 4.39 Å². The highest BCUT2D eigenvalue weighted by molar-refractivity contribution is 5.16. The molecule has 2 N–H and O–H groups in total. The zero-order chi connectivity index (χ0) is 12.9. The van der Waals surface area contributed by atoms with Crippen LogP contribution < -0.4 is 5.73 Å². The van der Waals surface area contributed by atoms with Gasteiger partial charge in [0.15, 0.2) is 0 Å². The van der Waals surface area contributed by atoms with Crippen LogP contribution in [-0.2, 0) is 6.54 Å². The van der Waals surface area contributed by atoms with Crippen molar-refractivity contribution < 1.29 is 4.39 Å². The fourth-order valence-electron chi connectivity index (χ4n) is 1.99. The minimum absolute atomic E-state index is 0.0170. The molecule has 0 bridgehead atoms. The largest absolute Gasteiger partial charge is 0.329 e. The number of halogens is 1. The third-order valence-electron chi connectivity index (χ3n) is 3.63. The van der Waals surface area contributed by atoms with Crippen molar-refractivity contribution in [3.63, 3.8) is 0 Å². The highest BCUT2D eigenvalue weighted by atomic mass is 19.1. The first-order valence-corrected chi connectivity index (χ1v) is 6.25. The molecule has 0 aliphatic carbocycles. The lowest BCUT2D eigenvalue weighted by molar-refractivity contribution is 0.104. The number of rotatable bonds is 6. The molecular weight excluding hydrogens is 215 g/mol. The van der Waals surface area contributed by atoms with Crippen LogP contribution >= 0.6 is 0 Å². The molecule has 0 radical (unpaired) electrons. The average Bonchev–Trinajstić information content (AvgIpc) is 2.37. The molecule has 0 fully saturated rings. The third kappa shape index (κ3) is 3.51. The molecule has 1 aromatic carbocycles. The predicted molar refractivity (Wildman–Crippen MR) is 70.2 cm³/mol. The Hall–Kier alpha value is -0.930. The van der Waals surface area contributed by atoms with Crippen molar-refractivity contribution in [2.75, 3.05) is 13.1 Å². The molecule has 1 aromatic rings. The quantitative estimate of drug-likeness (QED) is 0.825. The predicted octanol–water partition coefficient (Wildman–Crippen LogP) is 2.78. The number of hydrogen-bond donors (Lipinski definition) is 1. The Morgan fingerprint density at radius 3 is 2.24 bits per heavy atom. The molecule has 0 saturated carbocycles. The Labute approximate surface area is 104 Å². The summed E-state index contributed by atoms with van der Waals surface area (Å²) >= 11 is 0. The maximum absolute atomic E-state index is 12.8. The van der Waals surface area contributed by atoms with Crippen LogP contribution in [-0.4, -0.2) is 23.5 Å². The first-order chi connectivity index (χ1) is 8.05. The Bertz CT molecular complexity index is 331. The van der Waals surface area contributed by atoms with Crippen LogP contribution in [0.2, 0.25) is 0 Å². The molecule has 3 heteroatoms. The van der Waals surface area contributed by atoms with Crippen molar-refractivity contribution in [3.05, 3.63) is 35.6 Å². The van der Waals surface area contributed by atoms with Gasteiger partial charge in [0.2, 0.25) is 0 Å². The van der Waals surface area contributed by atoms with Crippen LogP contribution in [0.15, 0.2) is 24.3 Å². The molecule has 96 valence electrons. The summed E-state index contributed by atoms with van der Waals surface area (Å²) < 4.78 is 12.8. The molecule has 1 unspecified atom stereocenters. The van der Waals surface area contributed by atoms with Crippen LogP contribution in [0.3, 0.4) is 0 Å². The van der Waals surface area contributed by atoms with Crippen molar-refractivity contribution >= 4 is 0 Å². The van der Waals surface area contributed by atoms with Crippen LogP contribution in [0.1, 0.15) is 32.8 Å². The first-order valence-electron chi connectivity index (χ1n) is 6.25. The van der Waals surface area contributed by atoms with E-state index in [1.54, 1.807) is 0 Å². The molecule has 2 nitrogen and oxygen atoms in total. The summed E-state index contributed by atoms with van der Waals surface area (Å²) in [4.78, 5) is 2.35. The molecule has 0 aliphatic rings. The van der Waals surface area contributed by atoms with Gasteiger partial charge in [-0.2, -0.15) is 0 Å². The Kier molecular flexibility index (Phi) is 5.09. The number of nitrogens with two attached hydrogens (primary N) is 1.